The zero-order valence-electron chi connectivity index (χ0n) is 15.5. The smallest absolute Gasteiger partial charge is 0.503 e. The highest BCUT2D eigenvalue weighted by Gasteiger charge is 2.45. The van der Waals surface area contributed by atoms with Gasteiger partial charge in [0.2, 0.25) is 5.78 Å². The molecule has 1 N–H and O–H groups in total. The highest BCUT2D eigenvalue weighted by molar-refractivity contribution is 7.12. The van der Waals surface area contributed by atoms with Gasteiger partial charge >= 0.3 is 6.36 Å². The fourth-order valence-electron chi connectivity index (χ4n) is 3.27. The van der Waals surface area contributed by atoms with Crippen LogP contribution in [-0.4, -0.2) is 28.1 Å². The van der Waals surface area contributed by atoms with Crippen LogP contribution >= 0.6 is 11.3 Å². The molecule has 3 aromatic rings. The van der Waals surface area contributed by atoms with Crippen LogP contribution in [0.4, 0.5) is 18.9 Å². The summed E-state index contributed by atoms with van der Waals surface area (Å²) in [5.74, 6) is -2.59. The minimum absolute atomic E-state index is 0.151. The largest absolute Gasteiger partial charge is 0.573 e. The van der Waals surface area contributed by atoms with Crippen molar-refractivity contribution in [2.45, 2.75) is 12.4 Å². The zero-order valence-corrected chi connectivity index (χ0v) is 16.4. The average Bonchev–Trinajstić information content (AvgIpc) is 3.36. The van der Waals surface area contributed by atoms with Crippen LogP contribution in [0.5, 0.6) is 5.75 Å². The predicted octanol–water partition coefficient (Wildman–Crippen LogP) is 4.82. The number of benzene rings is 1. The average molecular weight is 446 g/mol. The summed E-state index contributed by atoms with van der Waals surface area (Å²) in [5, 5.41) is 12.3. The third-order valence-electron chi connectivity index (χ3n) is 4.51. The second-order valence-corrected chi connectivity index (χ2v) is 7.39. The molecule has 1 atom stereocenters. The first-order valence-corrected chi connectivity index (χ1v) is 9.76. The number of Topliss-reactive ketones (excluding diaryl/α,β-unsaturated/α-hetero) is 1. The molecular formula is C21H13F3N2O4S. The number of halogens is 3. The van der Waals surface area contributed by atoms with Gasteiger partial charge in [0.15, 0.2) is 5.76 Å². The zero-order chi connectivity index (χ0) is 22.2. The van der Waals surface area contributed by atoms with Gasteiger partial charge in [-0.05, 0) is 47.8 Å². The monoisotopic (exact) mass is 446 g/mol. The number of rotatable bonds is 5. The van der Waals surface area contributed by atoms with Crippen molar-refractivity contribution >= 4 is 28.7 Å². The Balaban J connectivity index is 1.77. The third kappa shape index (κ3) is 4.02. The van der Waals surface area contributed by atoms with E-state index < -0.39 is 35.6 Å². The molecule has 0 bridgehead atoms. The first-order chi connectivity index (χ1) is 14.8. The number of carbonyl (C=O) groups excluding carboxylic acids is 2. The van der Waals surface area contributed by atoms with Crippen LogP contribution in [0, 0.1) is 0 Å². The summed E-state index contributed by atoms with van der Waals surface area (Å²) in [4.78, 5) is 31.7. The quantitative estimate of drug-likeness (QED) is 0.569. The Labute approximate surface area is 177 Å². The first-order valence-electron chi connectivity index (χ1n) is 8.88. The molecule has 0 aliphatic carbocycles. The number of aliphatic hydroxyl groups is 1. The van der Waals surface area contributed by atoms with E-state index in [1.165, 1.54) is 18.3 Å². The lowest BCUT2D eigenvalue weighted by atomic mass is 9.98. The van der Waals surface area contributed by atoms with Crippen molar-refractivity contribution in [3.63, 3.8) is 0 Å². The van der Waals surface area contributed by atoms with Crippen molar-refractivity contribution in [2.75, 3.05) is 4.90 Å². The van der Waals surface area contributed by atoms with Crippen molar-refractivity contribution in [3.8, 4) is 5.75 Å². The fourth-order valence-corrected chi connectivity index (χ4v) is 3.95. The van der Waals surface area contributed by atoms with Gasteiger partial charge in [0.05, 0.1) is 16.1 Å². The number of ketones is 1. The summed E-state index contributed by atoms with van der Waals surface area (Å²) in [7, 11) is 0. The van der Waals surface area contributed by atoms with Crippen LogP contribution in [0.3, 0.4) is 0 Å². The molecule has 3 heterocycles. The van der Waals surface area contributed by atoms with E-state index in [-0.39, 0.29) is 11.3 Å². The molecule has 0 fully saturated rings. The molecule has 2 aromatic heterocycles. The van der Waals surface area contributed by atoms with Crippen LogP contribution < -0.4 is 9.64 Å². The number of aromatic nitrogens is 1. The first kappa shape index (κ1) is 20.6. The van der Waals surface area contributed by atoms with E-state index in [1.54, 1.807) is 35.7 Å². The molecule has 10 heteroatoms. The molecule has 1 amide bonds. The van der Waals surface area contributed by atoms with Gasteiger partial charge in [-0.25, -0.2) is 0 Å². The molecule has 0 saturated heterocycles. The normalized spacial score (nSPS) is 16.7. The maximum Gasteiger partial charge on any atom is 0.573 e. The number of aliphatic hydroxyl groups excluding tert-OH is 1. The van der Waals surface area contributed by atoms with Gasteiger partial charge in [0, 0.05) is 11.9 Å². The Morgan fingerprint density at radius 2 is 1.84 bits per heavy atom. The number of hydrogen-bond donors (Lipinski definition) is 1. The number of hydrogen-bond acceptors (Lipinski definition) is 6. The Kier molecular flexibility index (Phi) is 5.24. The summed E-state index contributed by atoms with van der Waals surface area (Å²) in [6.07, 6.45) is -3.39. The van der Waals surface area contributed by atoms with Crippen molar-refractivity contribution in [3.05, 3.63) is 88.1 Å². The van der Waals surface area contributed by atoms with Crippen molar-refractivity contribution in [2.24, 2.45) is 0 Å². The second kappa shape index (κ2) is 7.88. The lowest BCUT2D eigenvalue weighted by Gasteiger charge is -2.26. The molecule has 158 valence electrons. The number of amides is 1. The van der Waals surface area contributed by atoms with E-state index in [1.807, 2.05) is 0 Å². The van der Waals surface area contributed by atoms with E-state index in [0.29, 0.717) is 10.6 Å². The van der Waals surface area contributed by atoms with Gasteiger partial charge in [0.25, 0.3) is 5.91 Å². The van der Waals surface area contributed by atoms with Crippen molar-refractivity contribution in [1.29, 1.82) is 0 Å². The van der Waals surface area contributed by atoms with Crippen LogP contribution in [-0.2, 0) is 4.79 Å². The van der Waals surface area contributed by atoms with Gasteiger partial charge in [-0.1, -0.05) is 12.1 Å². The minimum Gasteiger partial charge on any atom is -0.503 e. The summed E-state index contributed by atoms with van der Waals surface area (Å²) in [6.45, 7) is 0. The molecule has 0 saturated carbocycles. The SMILES string of the molecule is O=C(C1=C(O)C(=O)N(c2ccc(OC(F)(F)F)cc2)C1c1ccccn1)c1cccs1. The van der Waals surface area contributed by atoms with E-state index in [4.69, 9.17) is 0 Å². The van der Waals surface area contributed by atoms with E-state index in [2.05, 4.69) is 9.72 Å². The van der Waals surface area contributed by atoms with Crippen LogP contribution in [0.2, 0.25) is 0 Å². The topological polar surface area (TPSA) is 79.7 Å². The number of pyridine rings is 1. The van der Waals surface area contributed by atoms with Gasteiger partial charge in [-0.2, -0.15) is 0 Å². The predicted molar refractivity (Wildman–Crippen MR) is 106 cm³/mol. The number of alkyl halides is 3. The fraction of sp³-hybridized carbons (Fsp3) is 0.0952. The summed E-state index contributed by atoms with van der Waals surface area (Å²) in [5.41, 5.74) is 0.327. The van der Waals surface area contributed by atoms with Gasteiger partial charge in [0.1, 0.15) is 11.8 Å². The Hall–Kier alpha value is -3.66. The molecule has 1 aliphatic rings. The lowest BCUT2D eigenvalue weighted by molar-refractivity contribution is -0.274. The number of nitrogens with zero attached hydrogens (tertiary/aromatic N) is 2. The van der Waals surface area contributed by atoms with E-state index in [9.17, 15) is 27.9 Å². The maximum absolute atomic E-state index is 13.1. The standard InChI is InChI=1S/C21H13F3N2O4S/c22-21(23,24)30-13-8-6-12(7-9-13)26-17(14-4-1-2-10-25-14)16(19(28)20(26)29)18(27)15-5-3-11-31-15/h1-11,17,28H. The van der Waals surface area contributed by atoms with Gasteiger partial charge < -0.3 is 9.84 Å². The lowest BCUT2D eigenvalue weighted by Crippen LogP contribution is -2.31. The number of thiophene rings is 1. The molecule has 0 radical (unpaired) electrons. The molecule has 1 aliphatic heterocycles. The van der Waals surface area contributed by atoms with Crippen LogP contribution in [0.25, 0.3) is 0 Å². The third-order valence-corrected chi connectivity index (χ3v) is 5.38. The van der Waals surface area contributed by atoms with E-state index >= 15 is 0 Å². The second-order valence-electron chi connectivity index (χ2n) is 6.44. The highest BCUT2D eigenvalue weighted by atomic mass is 32.1. The van der Waals surface area contributed by atoms with E-state index in [0.717, 1.165) is 28.4 Å². The Bertz CT molecular complexity index is 1140. The molecule has 1 unspecified atom stereocenters. The molecular weight excluding hydrogens is 433 g/mol. The highest BCUT2D eigenvalue weighted by Crippen LogP contribution is 2.42. The number of carbonyl (C=O) groups is 2. The molecule has 31 heavy (non-hydrogen) atoms. The summed E-state index contributed by atoms with van der Waals surface area (Å²) in [6, 6.07) is 11.6. The summed E-state index contributed by atoms with van der Waals surface area (Å²) < 4.78 is 41.2. The molecule has 1 aromatic carbocycles. The van der Waals surface area contributed by atoms with Gasteiger partial charge in [-0.15, -0.1) is 24.5 Å². The molecule has 0 spiro atoms. The number of anilines is 1. The van der Waals surface area contributed by atoms with Gasteiger partial charge in [-0.3, -0.25) is 19.5 Å². The van der Waals surface area contributed by atoms with Crippen molar-refractivity contribution < 1.29 is 32.6 Å². The maximum atomic E-state index is 13.1. The number of ether oxygens (including phenoxy) is 1. The molecule has 6 nitrogen and oxygen atoms in total. The summed E-state index contributed by atoms with van der Waals surface area (Å²) >= 11 is 1.15. The minimum atomic E-state index is -4.86. The van der Waals surface area contributed by atoms with Crippen molar-refractivity contribution in [1.82, 2.24) is 4.98 Å². The van der Waals surface area contributed by atoms with Crippen LogP contribution in [0.1, 0.15) is 21.4 Å². The molecule has 4 rings (SSSR count). The van der Waals surface area contributed by atoms with Crippen LogP contribution in [0.15, 0.2) is 77.5 Å². The Morgan fingerprint density at radius 3 is 2.42 bits per heavy atom. The Morgan fingerprint density at radius 1 is 1.10 bits per heavy atom.